The maximum Gasteiger partial charge on any atom is 0.399 e. The molecule has 7 N–H and O–H groups in total. The van der Waals surface area contributed by atoms with Gasteiger partial charge in [0.15, 0.2) is 11.6 Å². The van der Waals surface area contributed by atoms with E-state index in [0.29, 0.717) is 46.8 Å². The van der Waals surface area contributed by atoms with E-state index in [1.165, 1.54) is 23.1 Å². The molecule has 4 aromatic rings. The number of primary amides is 1. The number of thiazole rings is 1. The second kappa shape index (κ2) is 15.2. The average Bonchev–Trinajstić information content (AvgIpc) is 3.86. The van der Waals surface area contributed by atoms with Gasteiger partial charge >= 0.3 is 13.3 Å². The van der Waals surface area contributed by atoms with E-state index >= 15 is 0 Å². The molecule has 2 aliphatic rings. The number of carbonyl (C=O) groups excluding carboxylic acids is 4. The fraction of sp³-hybridized carbons (Fsp3) is 0.364. The molecule has 53 heavy (non-hydrogen) atoms. The van der Waals surface area contributed by atoms with Gasteiger partial charge in [-0.25, -0.2) is 13.8 Å². The van der Waals surface area contributed by atoms with Crippen molar-refractivity contribution < 1.29 is 51.1 Å². The normalized spacial score (nSPS) is 20.1. The van der Waals surface area contributed by atoms with Crippen molar-refractivity contribution in [1.29, 1.82) is 0 Å². The van der Waals surface area contributed by atoms with Gasteiger partial charge in [0.1, 0.15) is 17.1 Å². The van der Waals surface area contributed by atoms with Crippen LogP contribution < -0.4 is 21.7 Å². The summed E-state index contributed by atoms with van der Waals surface area (Å²) in [7, 11) is -5.82. The minimum atomic E-state index is -5.82. The van der Waals surface area contributed by atoms with E-state index in [9.17, 15) is 41.3 Å². The summed E-state index contributed by atoms with van der Waals surface area (Å²) in [4.78, 5) is 77.4. The van der Waals surface area contributed by atoms with Gasteiger partial charge in [0.2, 0.25) is 17.7 Å². The molecule has 0 aliphatic carbocycles. The molecule has 2 aromatic heterocycles. The van der Waals surface area contributed by atoms with Crippen molar-refractivity contribution in [3.8, 4) is 11.3 Å². The van der Waals surface area contributed by atoms with E-state index in [4.69, 9.17) is 15.5 Å². The first-order chi connectivity index (χ1) is 25.0. The van der Waals surface area contributed by atoms with Gasteiger partial charge < -0.3 is 36.4 Å². The summed E-state index contributed by atoms with van der Waals surface area (Å²) in [6.45, 7) is 0.500. The van der Waals surface area contributed by atoms with Gasteiger partial charge in [-0.1, -0.05) is 6.07 Å². The first-order valence-electron chi connectivity index (χ1n) is 16.3. The van der Waals surface area contributed by atoms with Crippen LogP contribution in [0, 0.1) is 11.6 Å². The molecule has 0 bridgehead atoms. The lowest BCUT2D eigenvalue weighted by molar-refractivity contribution is -0.142. The fourth-order valence-electron chi connectivity index (χ4n) is 6.44. The monoisotopic (exact) mass is 796 g/mol. The van der Waals surface area contributed by atoms with E-state index in [0.717, 1.165) is 46.9 Å². The summed E-state index contributed by atoms with van der Waals surface area (Å²) in [5.41, 5.74) is 0.677. The zero-order chi connectivity index (χ0) is 38.2. The number of thiophene rings is 1. The molecular weight excluding hydrogens is 763 g/mol. The van der Waals surface area contributed by atoms with Gasteiger partial charge in [-0.2, -0.15) is 8.78 Å². The number of benzene rings is 2. The van der Waals surface area contributed by atoms with Crippen molar-refractivity contribution in [3.63, 3.8) is 0 Å². The number of fused-ring (bicyclic) bond motifs is 2. The zero-order valence-corrected chi connectivity index (χ0v) is 30.1. The third kappa shape index (κ3) is 8.14. The topological polar surface area (TPSA) is 204 Å². The molecule has 2 fully saturated rings. The number of carbonyl (C=O) groups is 4. The number of aromatic nitrogens is 1. The smallest absolute Gasteiger partial charge is 0.370 e. The lowest BCUT2D eigenvalue weighted by Crippen LogP contribution is -2.60. The number of amides is 4. The van der Waals surface area contributed by atoms with E-state index in [2.05, 4.69) is 20.9 Å². The first-order valence-corrected chi connectivity index (χ1v) is 19.6. The van der Waals surface area contributed by atoms with Crippen LogP contribution in [0.1, 0.15) is 58.4 Å². The third-order valence-electron chi connectivity index (χ3n) is 9.15. The van der Waals surface area contributed by atoms with E-state index < -0.39 is 72.2 Å². The number of rotatable bonds is 11. The Kier molecular flexibility index (Phi) is 11.1. The van der Waals surface area contributed by atoms with Crippen LogP contribution >= 0.6 is 30.3 Å². The van der Waals surface area contributed by atoms with Crippen LogP contribution in [0.3, 0.4) is 0 Å². The lowest BCUT2D eigenvalue weighted by atomic mass is 10.1. The van der Waals surface area contributed by atoms with Crippen molar-refractivity contribution in [2.24, 2.45) is 5.73 Å². The third-order valence-corrected chi connectivity index (χ3v) is 12.2. The zero-order valence-electron chi connectivity index (χ0n) is 27.6. The Morgan fingerprint density at radius 1 is 1.09 bits per heavy atom. The predicted molar refractivity (Wildman–Crippen MR) is 187 cm³/mol. The molecule has 4 heterocycles. The molecule has 13 nitrogen and oxygen atoms in total. The van der Waals surface area contributed by atoms with Crippen LogP contribution in [-0.2, 0) is 24.6 Å². The van der Waals surface area contributed by atoms with Crippen molar-refractivity contribution in [3.05, 3.63) is 74.9 Å². The number of hydrogen-bond donors (Lipinski definition) is 6. The van der Waals surface area contributed by atoms with E-state index in [-0.39, 0.29) is 35.7 Å². The highest BCUT2D eigenvalue weighted by molar-refractivity contribution is 7.52. The molecular formula is C33H33F4N6O7PS2. The highest BCUT2D eigenvalue weighted by Gasteiger charge is 2.50. The van der Waals surface area contributed by atoms with E-state index in [1.807, 2.05) is 0 Å². The average molecular weight is 797 g/mol. The number of nitrogens with one attached hydrogen (secondary N) is 3. The Morgan fingerprint density at radius 2 is 1.87 bits per heavy atom. The highest BCUT2D eigenvalue weighted by Crippen LogP contribution is 2.59. The summed E-state index contributed by atoms with van der Waals surface area (Å²) in [6.07, 6.45) is 1.30. The Balaban J connectivity index is 1.19. The van der Waals surface area contributed by atoms with Crippen molar-refractivity contribution in [2.45, 2.75) is 61.9 Å². The van der Waals surface area contributed by atoms with Crippen LogP contribution in [0.4, 0.5) is 17.6 Å². The largest absolute Gasteiger partial charge is 0.399 e. The molecule has 282 valence electrons. The van der Waals surface area contributed by atoms with Gasteiger partial charge in [0.25, 0.3) is 5.91 Å². The highest BCUT2D eigenvalue weighted by atomic mass is 32.1. The minimum Gasteiger partial charge on any atom is -0.370 e. The van der Waals surface area contributed by atoms with Crippen molar-refractivity contribution in [2.75, 3.05) is 13.1 Å². The number of nitrogens with two attached hydrogens (primary N) is 1. The van der Waals surface area contributed by atoms with Crippen LogP contribution in [0.15, 0.2) is 47.8 Å². The molecule has 0 spiro atoms. The molecule has 4 amide bonds. The molecule has 20 heteroatoms. The number of hydrogen-bond acceptors (Lipinski definition) is 9. The summed E-state index contributed by atoms with van der Waals surface area (Å²) in [6, 6.07) is 4.39. The maximum absolute atomic E-state index is 14.3. The molecule has 2 aliphatic heterocycles. The molecule has 2 aromatic carbocycles. The molecule has 4 atom stereocenters. The van der Waals surface area contributed by atoms with E-state index in [1.54, 1.807) is 5.38 Å². The standard InChI is InChI=1S/C33H33F4N6O7PS2/c34-20-4-1-16(12-21(20)35)24-15-52-31(42-24)22(5-8-28(38)44)40-29(45)25-6-3-19-9-10-39-14-23(32(47)43(19)25)41-30(46)27-13-17-11-18(2-7-26(17)53-27)33(36,37)51(48,49)50/h1-2,4,7,11-13,15,19,22-23,25,39H,3,5-6,8-10,14H2,(H2,38,44)(H,40,45)(H,41,46)(H2,48,49,50)/t19-,22?,23+,25+/m1/s1. The van der Waals surface area contributed by atoms with Crippen LogP contribution in [0.2, 0.25) is 0 Å². The molecule has 1 unspecified atom stereocenters. The molecule has 6 rings (SSSR count). The molecule has 0 saturated carbocycles. The summed E-state index contributed by atoms with van der Waals surface area (Å²) >= 11 is 2.07. The van der Waals surface area contributed by atoms with Crippen molar-refractivity contribution >= 4 is 64.0 Å². The van der Waals surface area contributed by atoms with Crippen LogP contribution in [0.5, 0.6) is 0 Å². The second-order valence-corrected chi connectivity index (χ2v) is 16.3. The number of nitrogens with zero attached hydrogens (tertiary/aromatic N) is 2. The summed E-state index contributed by atoms with van der Waals surface area (Å²) in [5.74, 6) is -4.44. The summed E-state index contributed by atoms with van der Waals surface area (Å²) < 4.78 is 67.8. The summed E-state index contributed by atoms with van der Waals surface area (Å²) in [5, 5.41) is 10.8. The predicted octanol–water partition coefficient (Wildman–Crippen LogP) is 4.10. The lowest BCUT2D eigenvalue weighted by Gasteiger charge is -2.35. The van der Waals surface area contributed by atoms with Gasteiger partial charge in [-0.05, 0) is 74.0 Å². The van der Waals surface area contributed by atoms with Crippen molar-refractivity contribution in [1.82, 2.24) is 25.8 Å². The minimum absolute atomic E-state index is 0.0266. The Hall–Kier alpha value is -4.26. The fourth-order valence-corrected chi connectivity index (χ4v) is 8.77. The van der Waals surface area contributed by atoms with Gasteiger partial charge in [0.05, 0.1) is 16.6 Å². The number of halogens is 4. The second-order valence-electron chi connectivity index (χ2n) is 12.7. The Labute approximate surface area is 307 Å². The molecule has 0 radical (unpaired) electrons. The first kappa shape index (κ1) is 38.5. The Morgan fingerprint density at radius 3 is 2.58 bits per heavy atom. The van der Waals surface area contributed by atoms with Crippen LogP contribution in [0.25, 0.3) is 21.3 Å². The molecule has 2 saturated heterocycles. The SMILES string of the molecule is NC(=O)CCC(NC(=O)[C@@H]1CC[C@@H]2CCNC[C@H](NC(=O)c3cc4cc(C(F)(F)P(=O)(O)O)ccc4s3)C(=O)N21)c1nc(-c2ccc(F)c(F)c2)cs1. The Bertz CT molecular complexity index is 2130. The van der Waals surface area contributed by atoms with Crippen LogP contribution in [-0.4, -0.2) is 74.5 Å². The van der Waals surface area contributed by atoms with Gasteiger partial charge in [-0.15, -0.1) is 22.7 Å². The number of alkyl halides is 2. The van der Waals surface area contributed by atoms with Gasteiger partial charge in [-0.3, -0.25) is 23.7 Å². The quantitative estimate of drug-likeness (QED) is 0.0954. The van der Waals surface area contributed by atoms with Gasteiger partial charge in [0, 0.05) is 40.2 Å². The maximum atomic E-state index is 14.3.